The lowest BCUT2D eigenvalue weighted by Crippen LogP contribution is -2.60. The van der Waals surface area contributed by atoms with E-state index in [-0.39, 0.29) is 34.3 Å². The van der Waals surface area contributed by atoms with E-state index in [9.17, 15) is 14.4 Å². The molecular weight excluding hydrogens is 302 g/mol. The molecule has 2 amide bonds. The molecule has 0 N–H and O–H groups in total. The van der Waals surface area contributed by atoms with E-state index in [0.717, 1.165) is 32.1 Å². The first-order valence-corrected chi connectivity index (χ1v) is 9.32. The van der Waals surface area contributed by atoms with Crippen LogP contribution in [0.5, 0.6) is 0 Å². The maximum atomic E-state index is 12.8. The Morgan fingerprint density at radius 1 is 1.00 bits per heavy atom. The van der Waals surface area contributed by atoms with E-state index in [4.69, 9.17) is 0 Å². The van der Waals surface area contributed by atoms with Crippen molar-refractivity contribution in [2.75, 3.05) is 7.05 Å². The Hall–Kier alpha value is -1.45. The van der Waals surface area contributed by atoms with Crippen molar-refractivity contribution in [3.8, 4) is 0 Å². The number of carbonyl (C=O) groups is 3. The van der Waals surface area contributed by atoms with Gasteiger partial charge in [0.25, 0.3) is 0 Å². The van der Waals surface area contributed by atoms with Gasteiger partial charge in [-0.2, -0.15) is 0 Å². The van der Waals surface area contributed by atoms with Crippen LogP contribution in [0.4, 0.5) is 0 Å². The molecule has 1 saturated heterocycles. The van der Waals surface area contributed by atoms with Crippen molar-refractivity contribution in [1.29, 1.82) is 0 Å². The number of imide groups is 1. The van der Waals surface area contributed by atoms with Crippen molar-refractivity contribution in [2.24, 2.45) is 28.6 Å². The fourth-order valence-electron chi connectivity index (χ4n) is 6.34. The highest BCUT2D eigenvalue weighted by Crippen LogP contribution is 2.63. The first-order valence-electron chi connectivity index (χ1n) is 9.32. The number of amides is 2. The van der Waals surface area contributed by atoms with Crippen molar-refractivity contribution in [1.82, 2.24) is 4.90 Å². The second-order valence-electron chi connectivity index (χ2n) is 8.89. The third-order valence-electron chi connectivity index (χ3n) is 7.91. The standard InChI is InChI=1S/C20H27NO3/c1-19-8-6-13(22)10-12(19)4-5-14-15(19)7-9-20(2)16(14)11-17(23)21(3)18(20)24/h10,14-16H,4-9,11H2,1-3H3/t14-,15+,16+,19+,20+/m1/s1. The van der Waals surface area contributed by atoms with Crippen LogP contribution < -0.4 is 0 Å². The number of fused-ring (bicyclic) bond motifs is 5. The molecule has 0 bridgehead atoms. The van der Waals surface area contributed by atoms with Crippen molar-refractivity contribution < 1.29 is 14.4 Å². The summed E-state index contributed by atoms with van der Waals surface area (Å²) in [7, 11) is 1.63. The quantitative estimate of drug-likeness (QED) is 0.642. The monoisotopic (exact) mass is 329 g/mol. The molecule has 4 aliphatic rings. The minimum Gasteiger partial charge on any atom is -0.295 e. The molecule has 0 aromatic carbocycles. The van der Waals surface area contributed by atoms with Crippen LogP contribution in [0, 0.1) is 28.6 Å². The molecule has 0 aromatic heterocycles. The first-order chi connectivity index (χ1) is 11.3. The lowest BCUT2D eigenvalue weighted by atomic mass is 9.46. The maximum Gasteiger partial charge on any atom is 0.235 e. The Bertz CT molecular complexity index is 666. The Morgan fingerprint density at radius 3 is 2.50 bits per heavy atom. The topological polar surface area (TPSA) is 54.5 Å². The Morgan fingerprint density at radius 2 is 1.75 bits per heavy atom. The van der Waals surface area contributed by atoms with Crippen molar-refractivity contribution in [3.05, 3.63) is 11.6 Å². The highest BCUT2D eigenvalue weighted by Gasteiger charge is 2.60. The Kier molecular flexibility index (Phi) is 3.36. The number of ketones is 1. The molecule has 3 aliphatic carbocycles. The van der Waals surface area contributed by atoms with Crippen molar-refractivity contribution in [3.63, 3.8) is 0 Å². The molecule has 4 rings (SSSR count). The van der Waals surface area contributed by atoms with E-state index in [1.165, 1.54) is 10.5 Å². The van der Waals surface area contributed by atoms with Crippen LogP contribution in [0.25, 0.3) is 0 Å². The molecule has 3 fully saturated rings. The number of rotatable bonds is 0. The molecular formula is C20H27NO3. The van der Waals surface area contributed by atoms with Gasteiger partial charge >= 0.3 is 0 Å². The van der Waals surface area contributed by atoms with Gasteiger partial charge in [-0.25, -0.2) is 0 Å². The minimum atomic E-state index is -0.383. The van der Waals surface area contributed by atoms with Gasteiger partial charge in [-0.1, -0.05) is 19.4 Å². The molecule has 0 aromatic rings. The Labute approximate surface area is 143 Å². The van der Waals surface area contributed by atoms with Gasteiger partial charge in [0.1, 0.15) is 0 Å². The summed E-state index contributed by atoms with van der Waals surface area (Å²) in [6.07, 6.45) is 7.86. The highest BCUT2D eigenvalue weighted by atomic mass is 16.2. The molecule has 24 heavy (non-hydrogen) atoms. The number of allylic oxidation sites excluding steroid dienone is 2. The lowest BCUT2D eigenvalue weighted by Gasteiger charge is -2.59. The van der Waals surface area contributed by atoms with Crippen LogP contribution in [0.2, 0.25) is 0 Å². The number of nitrogens with zero attached hydrogens (tertiary/aromatic N) is 1. The second-order valence-corrected chi connectivity index (χ2v) is 8.89. The zero-order chi connectivity index (χ0) is 17.3. The normalized spacial score (nSPS) is 45.3. The summed E-state index contributed by atoms with van der Waals surface area (Å²) in [5.41, 5.74) is 1.04. The highest BCUT2D eigenvalue weighted by molar-refractivity contribution is 6.00. The minimum absolute atomic E-state index is 0.0200. The van der Waals surface area contributed by atoms with E-state index < -0.39 is 0 Å². The van der Waals surface area contributed by atoms with Gasteiger partial charge in [0, 0.05) is 19.9 Å². The van der Waals surface area contributed by atoms with Crippen LogP contribution in [0.3, 0.4) is 0 Å². The van der Waals surface area contributed by atoms with Gasteiger partial charge in [0.05, 0.1) is 5.41 Å². The average molecular weight is 329 g/mol. The number of piperidine rings is 1. The summed E-state index contributed by atoms with van der Waals surface area (Å²) in [5, 5.41) is 0. The van der Waals surface area contributed by atoms with E-state index in [2.05, 4.69) is 13.8 Å². The summed E-state index contributed by atoms with van der Waals surface area (Å²) < 4.78 is 0. The zero-order valence-electron chi connectivity index (χ0n) is 14.9. The summed E-state index contributed by atoms with van der Waals surface area (Å²) >= 11 is 0. The molecule has 2 saturated carbocycles. The van der Waals surface area contributed by atoms with Crippen LogP contribution >= 0.6 is 0 Å². The van der Waals surface area contributed by atoms with Gasteiger partial charge in [0.15, 0.2) is 5.78 Å². The number of carbonyl (C=O) groups excluding carboxylic acids is 3. The predicted molar refractivity (Wildman–Crippen MR) is 89.9 cm³/mol. The molecule has 130 valence electrons. The van der Waals surface area contributed by atoms with Gasteiger partial charge in [-0.05, 0) is 61.3 Å². The molecule has 1 aliphatic heterocycles. The molecule has 0 spiro atoms. The van der Waals surface area contributed by atoms with Crippen LogP contribution in [0.15, 0.2) is 11.6 Å². The van der Waals surface area contributed by atoms with E-state index in [0.29, 0.717) is 24.7 Å². The predicted octanol–water partition coefficient (Wildman–Crippen LogP) is 3.11. The van der Waals surface area contributed by atoms with E-state index >= 15 is 0 Å². The smallest absolute Gasteiger partial charge is 0.235 e. The fraction of sp³-hybridized carbons (Fsp3) is 0.750. The SMILES string of the molecule is CN1C(=O)C[C@H]2[C@@H]3CCC4=CC(=O)CC[C@]4(C)[C@H]3CC[C@]2(C)C1=O. The summed E-state index contributed by atoms with van der Waals surface area (Å²) in [6, 6.07) is 0. The summed E-state index contributed by atoms with van der Waals surface area (Å²) in [5.74, 6) is 1.38. The van der Waals surface area contributed by atoms with E-state index in [1.807, 2.05) is 6.08 Å². The molecule has 4 nitrogen and oxygen atoms in total. The molecule has 0 unspecified atom stereocenters. The van der Waals surface area contributed by atoms with E-state index in [1.54, 1.807) is 7.05 Å². The fourth-order valence-corrected chi connectivity index (χ4v) is 6.34. The number of hydrogen-bond donors (Lipinski definition) is 0. The lowest BCUT2D eigenvalue weighted by molar-refractivity contribution is -0.170. The van der Waals surface area contributed by atoms with Crippen LogP contribution in [-0.4, -0.2) is 29.5 Å². The molecule has 4 heteroatoms. The van der Waals surface area contributed by atoms with Gasteiger partial charge < -0.3 is 0 Å². The molecule has 5 atom stereocenters. The maximum absolute atomic E-state index is 12.8. The molecule has 0 radical (unpaired) electrons. The van der Waals surface area contributed by atoms with Gasteiger partial charge in [-0.3, -0.25) is 19.3 Å². The number of hydrogen-bond acceptors (Lipinski definition) is 3. The summed E-state index contributed by atoms with van der Waals surface area (Å²) in [4.78, 5) is 38.4. The third-order valence-corrected chi connectivity index (χ3v) is 7.91. The summed E-state index contributed by atoms with van der Waals surface area (Å²) in [6.45, 7) is 4.40. The largest absolute Gasteiger partial charge is 0.295 e. The van der Waals surface area contributed by atoms with Crippen molar-refractivity contribution in [2.45, 2.75) is 58.8 Å². The number of likely N-dealkylation sites (tertiary alicyclic amines) is 1. The molecule has 1 heterocycles. The van der Waals surface area contributed by atoms with Gasteiger partial charge in [0.2, 0.25) is 11.8 Å². The third kappa shape index (κ3) is 1.94. The Balaban J connectivity index is 1.71. The zero-order valence-corrected chi connectivity index (χ0v) is 14.9. The van der Waals surface area contributed by atoms with Gasteiger partial charge in [-0.15, -0.1) is 0 Å². The van der Waals surface area contributed by atoms with Crippen LogP contribution in [0.1, 0.15) is 58.8 Å². The van der Waals surface area contributed by atoms with Crippen molar-refractivity contribution >= 4 is 17.6 Å². The van der Waals surface area contributed by atoms with Crippen LogP contribution in [-0.2, 0) is 14.4 Å². The first kappa shape index (κ1) is 16.0. The average Bonchev–Trinajstić information content (AvgIpc) is 2.55. The second kappa shape index (κ2) is 5.03.